The van der Waals surface area contributed by atoms with Gasteiger partial charge in [0, 0.05) is 11.3 Å². The van der Waals surface area contributed by atoms with Crippen LogP contribution in [0.3, 0.4) is 0 Å². The Balaban J connectivity index is 1.72. The number of halogens is 3. The molecule has 0 radical (unpaired) electrons. The second kappa shape index (κ2) is 6.66. The summed E-state index contributed by atoms with van der Waals surface area (Å²) < 4.78 is 5.82. The van der Waals surface area contributed by atoms with Gasteiger partial charge in [0.2, 0.25) is 0 Å². The largest absolute Gasteiger partial charge is 0.459 e. The smallest absolute Gasteiger partial charge is 0.135 e. The van der Waals surface area contributed by atoms with Crippen molar-refractivity contribution in [2.75, 3.05) is 5.32 Å². The molecule has 22 heavy (non-hydrogen) atoms. The minimum Gasteiger partial charge on any atom is -0.459 e. The van der Waals surface area contributed by atoms with E-state index in [0.29, 0.717) is 21.6 Å². The van der Waals surface area contributed by atoms with E-state index >= 15 is 0 Å². The Hall–Kier alpha value is -1.61. The summed E-state index contributed by atoms with van der Waals surface area (Å²) in [6.45, 7) is 0.544. The third-order valence-electron chi connectivity index (χ3n) is 3.19. The third-order valence-corrected chi connectivity index (χ3v) is 4.26. The van der Waals surface area contributed by atoms with Gasteiger partial charge in [0.15, 0.2) is 0 Å². The molecule has 1 aromatic heterocycles. The summed E-state index contributed by atoms with van der Waals surface area (Å²) in [5.41, 5.74) is 1.76. The van der Waals surface area contributed by atoms with E-state index < -0.39 is 0 Å². The molecule has 0 amide bonds. The predicted molar refractivity (Wildman–Crippen MR) is 92.9 cm³/mol. The first-order valence-electron chi connectivity index (χ1n) is 6.66. The van der Waals surface area contributed by atoms with Gasteiger partial charge in [-0.25, -0.2) is 0 Å². The van der Waals surface area contributed by atoms with Crippen molar-refractivity contribution < 1.29 is 4.42 Å². The highest BCUT2D eigenvalue weighted by atomic mass is 35.5. The van der Waals surface area contributed by atoms with Crippen LogP contribution in [0.25, 0.3) is 11.3 Å². The quantitative estimate of drug-likeness (QED) is 0.578. The Morgan fingerprint density at radius 1 is 0.818 bits per heavy atom. The molecule has 0 aliphatic heterocycles. The van der Waals surface area contributed by atoms with Gasteiger partial charge in [-0.05, 0) is 42.5 Å². The van der Waals surface area contributed by atoms with Crippen LogP contribution in [0.4, 0.5) is 5.69 Å². The highest BCUT2D eigenvalue weighted by molar-refractivity contribution is 6.42. The summed E-state index contributed by atoms with van der Waals surface area (Å²) in [6, 6.07) is 16.8. The number of furan rings is 1. The molecule has 3 aromatic rings. The van der Waals surface area contributed by atoms with Crippen molar-refractivity contribution in [1.29, 1.82) is 0 Å². The van der Waals surface area contributed by atoms with E-state index in [4.69, 9.17) is 39.2 Å². The van der Waals surface area contributed by atoms with Crippen LogP contribution in [-0.4, -0.2) is 0 Å². The average Bonchev–Trinajstić information content (AvgIpc) is 2.98. The number of anilines is 1. The monoisotopic (exact) mass is 351 g/mol. The first kappa shape index (κ1) is 15.3. The minimum absolute atomic E-state index is 0.517. The topological polar surface area (TPSA) is 25.2 Å². The van der Waals surface area contributed by atoms with E-state index in [1.165, 1.54) is 0 Å². The lowest BCUT2D eigenvalue weighted by atomic mass is 10.2. The second-order valence-electron chi connectivity index (χ2n) is 4.73. The van der Waals surface area contributed by atoms with Crippen molar-refractivity contribution in [2.45, 2.75) is 6.54 Å². The molecule has 0 spiro atoms. The van der Waals surface area contributed by atoms with Crippen molar-refractivity contribution in [1.82, 2.24) is 0 Å². The lowest BCUT2D eigenvalue weighted by Gasteiger charge is -2.06. The van der Waals surface area contributed by atoms with Crippen molar-refractivity contribution in [3.63, 3.8) is 0 Å². The van der Waals surface area contributed by atoms with Crippen LogP contribution in [0.15, 0.2) is 59.0 Å². The number of benzene rings is 2. The molecule has 0 saturated carbocycles. The van der Waals surface area contributed by atoms with Gasteiger partial charge in [0.25, 0.3) is 0 Å². The SMILES string of the molecule is Clc1ccc(NCc2ccc(-c3ccccc3Cl)o2)cc1Cl. The van der Waals surface area contributed by atoms with E-state index in [1.807, 2.05) is 42.5 Å². The molecule has 112 valence electrons. The van der Waals surface area contributed by atoms with Gasteiger partial charge in [-0.15, -0.1) is 0 Å². The highest BCUT2D eigenvalue weighted by Gasteiger charge is 2.08. The van der Waals surface area contributed by atoms with Gasteiger partial charge < -0.3 is 9.73 Å². The third kappa shape index (κ3) is 3.41. The van der Waals surface area contributed by atoms with Crippen molar-refractivity contribution >= 4 is 40.5 Å². The number of rotatable bonds is 4. The lowest BCUT2D eigenvalue weighted by Crippen LogP contribution is -1.97. The van der Waals surface area contributed by atoms with E-state index in [-0.39, 0.29) is 0 Å². The van der Waals surface area contributed by atoms with Crippen LogP contribution in [0, 0.1) is 0 Å². The lowest BCUT2D eigenvalue weighted by molar-refractivity contribution is 0.531. The summed E-state index contributed by atoms with van der Waals surface area (Å²) in [6.07, 6.45) is 0. The fourth-order valence-electron chi connectivity index (χ4n) is 2.07. The van der Waals surface area contributed by atoms with E-state index in [1.54, 1.807) is 12.1 Å². The maximum atomic E-state index is 6.17. The van der Waals surface area contributed by atoms with Crippen LogP contribution in [0.2, 0.25) is 15.1 Å². The second-order valence-corrected chi connectivity index (χ2v) is 5.95. The van der Waals surface area contributed by atoms with E-state index in [9.17, 15) is 0 Å². The Kier molecular flexibility index (Phi) is 4.63. The van der Waals surface area contributed by atoms with Crippen molar-refractivity contribution in [3.05, 3.63) is 75.4 Å². The Morgan fingerprint density at radius 2 is 1.64 bits per heavy atom. The number of nitrogens with one attached hydrogen (secondary N) is 1. The van der Waals surface area contributed by atoms with Crippen LogP contribution in [-0.2, 0) is 6.54 Å². The molecular weight excluding hydrogens is 341 g/mol. The zero-order valence-corrected chi connectivity index (χ0v) is 13.7. The molecule has 0 fully saturated rings. The molecule has 0 unspecified atom stereocenters. The standard InChI is InChI=1S/C17H12Cl3NO/c18-14-4-2-1-3-13(14)17-8-6-12(22-17)10-21-11-5-7-15(19)16(20)9-11/h1-9,21H,10H2. The molecule has 5 heteroatoms. The predicted octanol–water partition coefficient (Wildman–Crippen LogP) is 6.52. The summed E-state index contributed by atoms with van der Waals surface area (Å²) in [7, 11) is 0. The number of hydrogen-bond donors (Lipinski definition) is 1. The maximum absolute atomic E-state index is 6.17. The Bertz CT molecular complexity index is 798. The molecule has 1 heterocycles. The van der Waals surface area contributed by atoms with Crippen molar-refractivity contribution in [2.24, 2.45) is 0 Å². The molecular formula is C17H12Cl3NO. The Labute approximate surface area is 143 Å². The van der Waals surface area contributed by atoms with Gasteiger partial charge in [-0.3, -0.25) is 0 Å². The normalized spacial score (nSPS) is 10.7. The van der Waals surface area contributed by atoms with Crippen LogP contribution >= 0.6 is 34.8 Å². The summed E-state index contributed by atoms with van der Waals surface area (Å²) >= 11 is 18.1. The summed E-state index contributed by atoms with van der Waals surface area (Å²) in [4.78, 5) is 0. The zero-order valence-electron chi connectivity index (χ0n) is 11.4. The summed E-state index contributed by atoms with van der Waals surface area (Å²) in [5.74, 6) is 1.55. The van der Waals surface area contributed by atoms with E-state index in [0.717, 1.165) is 22.8 Å². The fourth-order valence-corrected chi connectivity index (χ4v) is 2.60. The molecule has 3 rings (SSSR count). The molecule has 0 aliphatic carbocycles. The zero-order chi connectivity index (χ0) is 15.5. The molecule has 0 atom stereocenters. The molecule has 2 aromatic carbocycles. The van der Waals surface area contributed by atoms with Gasteiger partial charge in [0.1, 0.15) is 11.5 Å². The van der Waals surface area contributed by atoms with Crippen LogP contribution in [0.1, 0.15) is 5.76 Å². The minimum atomic E-state index is 0.517. The first-order chi connectivity index (χ1) is 10.6. The van der Waals surface area contributed by atoms with Gasteiger partial charge in [-0.2, -0.15) is 0 Å². The van der Waals surface area contributed by atoms with Gasteiger partial charge in [-0.1, -0.05) is 46.9 Å². The average molecular weight is 353 g/mol. The molecule has 0 saturated heterocycles. The highest BCUT2D eigenvalue weighted by Crippen LogP contribution is 2.29. The van der Waals surface area contributed by atoms with Crippen LogP contribution in [0.5, 0.6) is 0 Å². The number of hydrogen-bond acceptors (Lipinski definition) is 2. The van der Waals surface area contributed by atoms with E-state index in [2.05, 4.69) is 5.32 Å². The Morgan fingerprint density at radius 3 is 2.41 bits per heavy atom. The van der Waals surface area contributed by atoms with Gasteiger partial charge >= 0.3 is 0 Å². The van der Waals surface area contributed by atoms with Crippen molar-refractivity contribution in [3.8, 4) is 11.3 Å². The fraction of sp³-hybridized carbons (Fsp3) is 0.0588. The molecule has 0 aliphatic rings. The van der Waals surface area contributed by atoms with Gasteiger partial charge in [0.05, 0.1) is 21.6 Å². The first-order valence-corrected chi connectivity index (χ1v) is 7.79. The van der Waals surface area contributed by atoms with Crippen LogP contribution < -0.4 is 5.32 Å². The maximum Gasteiger partial charge on any atom is 0.135 e. The summed E-state index contributed by atoms with van der Waals surface area (Å²) in [5, 5.41) is 4.96. The molecule has 1 N–H and O–H groups in total. The molecule has 0 bridgehead atoms. The molecule has 2 nitrogen and oxygen atoms in total.